The van der Waals surface area contributed by atoms with Gasteiger partial charge in [0.15, 0.2) is 0 Å². The fourth-order valence-electron chi connectivity index (χ4n) is 2.42. The maximum atomic E-state index is 12.0. The average Bonchev–Trinajstić information content (AvgIpc) is 2.41. The van der Waals surface area contributed by atoms with Gasteiger partial charge in [0, 0.05) is 26.2 Å². The van der Waals surface area contributed by atoms with Gasteiger partial charge in [-0.05, 0) is 52.0 Å². The Morgan fingerprint density at radius 2 is 1.91 bits per heavy atom. The van der Waals surface area contributed by atoms with Crippen LogP contribution in [0.5, 0.6) is 0 Å². The first kappa shape index (κ1) is 19.2. The molecule has 5 heteroatoms. The number of nitrogens with zero attached hydrogens (tertiary/aromatic N) is 1. The minimum Gasteiger partial charge on any atom is -0.444 e. The summed E-state index contributed by atoms with van der Waals surface area (Å²) in [5.74, 6) is 1.24. The van der Waals surface area contributed by atoms with Gasteiger partial charge in [-0.2, -0.15) is 0 Å². The van der Waals surface area contributed by atoms with Crippen LogP contribution >= 0.6 is 0 Å². The van der Waals surface area contributed by atoms with Crippen LogP contribution in [0.15, 0.2) is 0 Å². The molecule has 0 saturated carbocycles. The molecule has 130 valence electrons. The van der Waals surface area contributed by atoms with Crippen molar-refractivity contribution in [2.75, 3.05) is 39.4 Å². The first-order valence-corrected chi connectivity index (χ1v) is 8.54. The molecule has 22 heavy (non-hydrogen) atoms. The lowest BCUT2D eigenvalue weighted by Gasteiger charge is -2.33. The van der Waals surface area contributed by atoms with E-state index in [1.807, 2.05) is 25.7 Å². The van der Waals surface area contributed by atoms with Gasteiger partial charge in [-0.25, -0.2) is 4.79 Å². The molecule has 1 saturated heterocycles. The Bertz CT molecular complexity index is 318. The van der Waals surface area contributed by atoms with Crippen molar-refractivity contribution < 1.29 is 14.3 Å². The van der Waals surface area contributed by atoms with Gasteiger partial charge in [0.1, 0.15) is 5.60 Å². The molecule has 0 aromatic rings. The predicted octanol–water partition coefficient (Wildman–Crippen LogP) is 2.90. The lowest BCUT2D eigenvalue weighted by molar-refractivity contribution is 0.0183. The van der Waals surface area contributed by atoms with Crippen LogP contribution in [-0.4, -0.2) is 56.0 Å². The van der Waals surface area contributed by atoms with Crippen molar-refractivity contribution in [3.05, 3.63) is 0 Å². The van der Waals surface area contributed by atoms with E-state index in [-0.39, 0.29) is 6.09 Å². The molecule has 5 nitrogen and oxygen atoms in total. The highest BCUT2D eigenvalue weighted by molar-refractivity contribution is 5.68. The lowest BCUT2D eigenvalue weighted by atomic mass is 9.97. The molecule has 0 aromatic heterocycles. The van der Waals surface area contributed by atoms with Crippen molar-refractivity contribution >= 4 is 6.09 Å². The van der Waals surface area contributed by atoms with Crippen LogP contribution in [0.3, 0.4) is 0 Å². The molecule has 1 aliphatic heterocycles. The molecule has 1 aliphatic rings. The molecule has 1 N–H and O–H groups in total. The maximum absolute atomic E-state index is 12.0. The number of ether oxygens (including phenoxy) is 2. The van der Waals surface area contributed by atoms with Gasteiger partial charge in [-0.15, -0.1) is 0 Å². The summed E-state index contributed by atoms with van der Waals surface area (Å²) in [6, 6.07) is 0. The highest BCUT2D eigenvalue weighted by Crippen LogP contribution is 2.19. The Kier molecular flexibility index (Phi) is 8.18. The van der Waals surface area contributed by atoms with Gasteiger partial charge in [0.25, 0.3) is 0 Å². The number of hydrogen-bond acceptors (Lipinski definition) is 4. The van der Waals surface area contributed by atoms with Crippen molar-refractivity contribution in [2.24, 2.45) is 11.8 Å². The molecule has 0 radical (unpaired) electrons. The van der Waals surface area contributed by atoms with E-state index < -0.39 is 5.60 Å². The van der Waals surface area contributed by atoms with Crippen LogP contribution in [0.1, 0.15) is 47.5 Å². The van der Waals surface area contributed by atoms with Crippen LogP contribution in [0.25, 0.3) is 0 Å². The summed E-state index contributed by atoms with van der Waals surface area (Å²) in [7, 11) is 0. The Hall–Kier alpha value is -0.810. The van der Waals surface area contributed by atoms with Gasteiger partial charge >= 0.3 is 6.09 Å². The zero-order valence-corrected chi connectivity index (χ0v) is 15.0. The average molecular weight is 314 g/mol. The monoisotopic (exact) mass is 314 g/mol. The van der Waals surface area contributed by atoms with E-state index in [0.29, 0.717) is 11.8 Å². The highest BCUT2D eigenvalue weighted by Gasteiger charge is 2.26. The van der Waals surface area contributed by atoms with Crippen LogP contribution in [0.4, 0.5) is 4.79 Å². The highest BCUT2D eigenvalue weighted by atomic mass is 16.6. The molecular formula is C17H34N2O3. The fourth-order valence-corrected chi connectivity index (χ4v) is 2.42. The molecular weight excluding hydrogens is 280 g/mol. The fraction of sp³-hybridized carbons (Fsp3) is 0.941. The molecule has 0 bridgehead atoms. The number of likely N-dealkylation sites (tertiary alicyclic amines) is 1. The number of nitrogens with one attached hydrogen (secondary N) is 1. The lowest BCUT2D eigenvalue weighted by Crippen LogP contribution is -2.43. The van der Waals surface area contributed by atoms with Crippen LogP contribution in [-0.2, 0) is 9.47 Å². The molecule has 0 spiro atoms. The third-order valence-electron chi connectivity index (χ3n) is 3.57. The number of piperidine rings is 1. The minimum atomic E-state index is -0.411. The van der Waals surface area contributed by atoms with E-state index in [1.165, 1.54) is 0 Å². The summed E-state index contributed by atoms with van der Waals surface area (Å²) in [5.41, 5.74) is -0.411. The molecule has 1 heterocycles. The number of amides is 1. The maximum Gasteiger partial charge on any atom is 0.410 e. The molecule has 0 atom stereocenters. The van der Waals surface area contributed by atoms with Crippen molar-refractivity contribution in [1.29, 1.82) is 0 Å². The first-order chi connectivity index (χ1) is 10.3. The van der Waals surface area contributed by atoms with Crippen molar-refractivity contribution in [1.82, 2.24) is 10.2 Å². The summed E-state index contributed by atoms with van der Waals surface area (Å²) in [4.78, 5) is 13.8. The predicted molar refractivity (Wildman–Crippen MR) is 89.1 cm³/mol. The number of rotatable bonds is 7. The number of carbonyl (C=O) groups excluding carboxylic acids is 1. The van der Waals surface area contributed by atoms with Crippen molar-refractivity contribution in [3.8, 4) is 0 Å². The first-order valence-electron chi connectivity index (χ1n) is 8.54. The molecule has 0 aliphatic carbocycles. The smallest absolute Gasteiger partial charge is 0.410 e. The van der Waals surface area contributed by atoms with E-state index >= 15 is 0 Å². The topological polar surface area (TPSA) is 50.8 Å². The molecule has 0 unspecified atom stereocenters. The SMILES string of the molecule is CC(C)COCCNCC1CCN(C(=O)OC(C)(C)C)CC1. The van der Waals surface area contributed by atoms with Crippen LogP contribution in [0.2, 0.25) is 0 Å². The third kappa shape index (κ3) is 8.59. The zero-order valence-electron chi connectivity index (χ0n) is 15.0. The molecule has 1 rings (SSSR count). The van der Waals surface area contributed by atoms with Gasteiger partial charge in [-0.3, -0.25) is 0 Å². The van der Waals surface area contributed by atoms with E-state index in [9.17, 15) is 4.79 Å². The second-order valence-electron chi connectivity index (χ2n) is 7.58. The third-order valence-corrected chi connectivity index (χ3v) is 3.57. The van der Waals surface area contributed by atoms with Crippen LogP contribution < -0.4 is 5.32 Å². The Morgan fingerprint density at radius 1 is 1.27 bits per heavy atom. The number of carbonyl (C=O) groups is 1. The molecule has 1 fully saturated rings. The summed E-state index contributed by atoms with van der Waals surface area (Å²) < 4.78 is 11.0. The number of hydrogen-bond donors (Lipinski definition) is 1. The largest absolute Gasteiger partial charge is 0.444 e. The summed E-state index contributed by atoms with van der Waals surface area (Å²) in [6.45, 7) is 15.1. The summed E-state index contributed by atoms with van der Waals surface area (Å²) >= 11 is 0. The second kappa shape index (κ2) is 9.36. The van der Waals surface area contributed by atoms with Gasteiger partial charge in [-0.1, -0.05) is 13.8 Å². The van der Waals surface area contributed by atoms with Crippen LogP contribution in [0, 0.1) is 11.8 Å². The van der Waals surface area contributed by atoms with Gasteiger partial charge in [0.2, 0.25) is 0 Å². The van der Waals surface area contributed by atoms with E-state index in [2.05, 4.69) is 19.2 Å². The minimum absolute atomic E-state index is 0.180. The Balaban J connectivity index is 2.09. The Morgan fingerprint density at radius 3 is 2.45 bits per heavy atom. The Labute approximate surface area is 135 Å². The van der Waals surface area contributed by atoms with E-state index in [1.54, 1.807) is 0 Å². The van der Waals surface area contributed by atoms with Gasteiger partial charge < -0.3 is 19.7 Å². The quantitative estimate of drug-likeness (QED) is 0.734. The van der Waals surface area contributed by atoms with Gasteiger partial charge in [0.05, 0.1) is 6.61 Å². The van der Waals surface area contributed by atoms with Crippen molar-refractivity contribution in [3.63, 3.8) is 0 Å². The summed E-state index contributed by atoms with van der Waals surface area (Å²) in [6.07, 6.45) is 1.90. The molecule has 1 amide bonds. The normalized spacial score (nSPS) is 17.1. The second-order valence-corrected chi connectivity index (χ2v) is 7.58. The summed E-state index contributed by atoms with van der Waals surface area (Å²) in [5, 5.41) is 3.45. The van der Waals surface area contributed by atoms with Crippen molar-refractivity contribution in [2.45, 2.75) is 53.1 Å². The van der Waals surface area contributed by atoms with E-state index in [0.717, 1.165) is 52.2 Å². The van der Waals surface area contributed by atoms with E-state index in [4.69, 9.17) is 9.47 Å². The standard InChI is InChI=1S/C17H34N2O3/c1-14(2)13-21-11-8-18-12-15-6-9-19(10-7-15)16(20)22-17(3,4)5/h14-15,18H,6-13H2,1-5H3. The molecule has 0 aromatic carbocycles. The zero-order chi connectivity index (χ0) is 16.6.